The van der Waals surface area contributed by atoms with Crippen molar-refractivity contribution in [3.05, 3.63) is 53.6 Å². The maximum Gasteiger partial charge on any atom is 0.296 e. The van der Waals surface area contributed by atoms with E-state index in [-0.39, 0.29) is 22.0 Å². The first kappa shape index (κ1) is 22.7. The molecular weight excluding hydrogens is 416 g/mol. The highest BCUT2D eigenvalue weighted by molar-refractivity contribution is 7.86. The summed E-state index contributed by atoms with van der Waals surface area (Å²) >= 11 is 0. The van der Waals surface area contributed by atoms with Crippen molar-refractivity contribution in [1.82, 2.24) is 4.90 Å². The zero-order valence-corrected chi connectivity index (χ0v) is 19.0. The Morgan fingerprint density at radius 1 is 0.968 bits per heavy atom. The highest BCUT2D eigenvalue weighted by atomic mass is 32.2. The van der Waals surface area contributed by atoms with Gasteiger partial charge in [-0.15, -0.1) is 10.2 Å². The average molecular weight is 443 g/mol. The monoisotopic (exact) mass is 442 g/mol. The molecule has 0 atom stereocenters. The van der Waals surface area contributed by atoms with Gasteiger partial charge in [0.05, 0.1) is 0 Å². The van der Waals surface area contributed by atoms with E-state index in [2.05, 4.69) is 10.2 Å². The van der Waals surface area contributed by atoms with Crippen LogP contribution in [0.3, 0.4) is 0 Å². The van der Waals surface area contributed by atoms with Gasteiger partial charge in [0.25, 0.3) is 10.1 Å². The van der Waals surface area contributed by atoms with Gasteiger partial charge < -0.3 is 14.9 Å². The third-order valence-corrected chi connectivity index (χ3v) is 5.74. The molecule has 2 N–H and O–H groups in total. The van der Waals surface area contributed by atoms with Gasteiger partial charge in [0.15, 0.2) is 5.75 Å². The van der Waals surface area contributed by atoms with Crippen molar-refractivity contribution in [2.75, 3.05) is 33.1 Å². The van der Waals surface area contributed by atoms with Crippen LogP contribution in [-0.2, 0) is 16.7 Å². The number of phenols is 1. The van der Waals surface area contributed by atoms with Crippen LogP contribution >= 0.6 is 0 Å². The minimum Gasteiger partial charge on any atom is -0.505 e. The Morgan fingerprint density at radius 3 is 2.29 bits per heavy atom. The van der Waals surface area contributed by atoms with Crippen molar-refractivity contribution in [2.24, 2.45) is 10.2 Å². The summed E-state index contributed by atoms with van der Waals surface area (Å²) < 4.78 is 33.1. The zero-order chi connectivity index (χ0) is 22.9. The van der Waals surface area contributed by atoms with Crippen molar-refractivity contribution in [3.8, 4) is 5.75 Å². The number of benzene rings is 3. The number of hydrogen-bond acceptors (Lipinski definition) is 7. The molecule has 0 saturated heterocycles. The van der Waals surface area contributed by atoms with Crippen molar-refractivity contribution in [1.29, 1.82) is 0 Å². The van der Waals surface area contributed by atoms with Gasteiger partial charge in [-0.05, 0) is 73.9 Å². The van der Waals surface area contributed by atoms with Crippen LogP contribution in [0.4, 0.5) is 17.1 Å². The van der Waals surface area contributed by atoms with Gasteiger partial charge in [-0.1, -0.05) is 6.07 Å². The quantitative estimate of drug-likeness (QED) is 0.425. The molecule has 8 nitrogen and oxygen atoms in total. The number of anilines is 1. The molecule has 0 aliphatic rings. The van der Waals surface area contributed by atoms with Gasteiger partial charge in [-0.3, -0.25) is 4.55 Å². The number of rotatable bonds is 6. The number of azo groups is 1. The number of phenolic OH excluding ortho intramolecular Hbond substituents is 1. The minimum absolute atomic E-state index is 0.00343. The molecule has 0 aliphatic carbocycles. The van der Waals surface area contributed by atoms with E-state index in [1.54, 1.807) is 25.1 Å². The number of nitrogens with zero attached hydrogens (tertiary/aromatic N) is 4. The summed E-state index contributed by atoms with van der Waals surface area (Å²) in [7, 11) is 3.16. The second-order valence-electron chi connectivity index (χ2n) is 7.91. The first-order valence-corrected chi connectivity index (χ1v) is 11.0. The Balaban J connectivity index is 2.11. The fourth-order valence-electron chi connectivity index (χ4n) is 3.33. The number of fused-ring (bicyclic) bond motifs is 1. The van der Waals surface area contributed by atoms with Crippen LogP contribution in [0.1, 0.15) is 11.1 Å². The Labute approximate surface area is 182 Å². The molecule has 164 valence electrons. The topological polar surface area (TPSA) is 106 Å². The highest BCUT2D eigenvalue weighted by Gasteiger charge is 2.17. The molecule has 31 heavy (non-hydrogen) atoms. The first-order valence-electron chi connectivity index (χ1n) is 9.58. The molecule has 3 rings (SSSR count). The summed E-state index contributed by atoms with van der Waals surface area (Å²) in [5, 5.41) is 20.5. The van der Waals surface area contributed by atoms with Crippen LogP contribution in [0.15, 0.2) is 57.6 Å². The van der Waals surface area contributed by atoms with E-state index in [9.17, 15) is 18.1 Å². The van der Waals surface area contributed by atoms with E-state index in [1.807, 2.05) is 56.2 Å². The summed E-state index contributed by atoms with van der Waals surface area (Å²) in [5.41, 5.74) is 2.73. The van der Waals surface area contributed by atoms with E-state index in [0.29, 0.717) is 17.5 Å². The molecule has 9 heteroatoms. The number of aromatic hydroxyl groups is 1. The predicted molar refractivity (Wildman–Crippen MR) is 123 cm³/mol. The molecule has 0 amide bonds. The summed E-state index contributed by atoms with van der Waals surface area (Å²) in [6.45, 7) is 2.35. The lowest BCUT2D eigenvalue weighted by Gasteiger charge is -2.14. The van der Waals surface area contributed by atoms with E-state index < -0.39 is 10.1 Å². The number of hydrogen-bond donors (Lipinski definition) is 2. The van der Waals surface area contributed by atoms with Crippen LogP contribution in [0.2, 0.25) is 0 Å². The van der Waals surface area contributed by atoms with Gasteiger partial charge in [0, 0.05) is 31.7 Å². The zero-order valence-electron chi connectivity index (χ0n) is 18.2. The largest absolute Gasteiger partial charge is 0.505 e. The SMILES string of the molecule is Cc1cc2cc(N(C)C)ccc2c(O)c1N=Nc1cc(CN(C)C)ccc1S(=O)(=O)O. The Morgan fingerprint density at radius 2 is 1.68 bits per heavy atom. The predicted octanol–water partition coefficient (Wildman–Crippen LogP) is 4.64. The third-order valence-electron chi connectivity index (χ3n) is 4.83. The molecule has 0 spiro atoms. The Bertz CT molecular complexity index is 1270. The molecule has 3 aromatic carbocycles. The molecule has 0 aliphatic heterocycles. The molecule has 0 bridgehead atoms. The average Bonchev–Trinajstić information content (AvgIpc) is 2.66. The lowest BCUT2D eigenvalue weighted by Crippen LogP contribution is -2.10. The third kappa shape index (κ3) is 5.01. The van der Waals surface area contributed by atoms with Gasteiger partial charge in [-0.2, -0.15) is 8.42 Å². The second-order valence-corrected chi connectivity index (χ2v) is 9.30. The molecule has 0 fully saturated rings. The van der Waals surface area contributed by atoms with Crippen LogP contribution in [0.5, 0.6) is 5.75 Å². The smallest absolute Gasteiger partial charge is 0.296 e. The molecule has 0 radical (unpaired) electrons. The maximum atomic E-state index is 11.8. The molecule has 3 aromatic rings. The minimum atomic E-state index is -4.49. The van der Waals surface area contributed by atoms with E-state index >= 15 is 0 Å². The Kier molecular flexibility index (Phi) is 6.30. The van der Waals surface area contributed by atoms with E-state index in [0.717, 1.165) is 16.6 Å². The fraction of sp³-hybridized carbons (Fsp3) is 0.273. The summed E-state index contributed by atoms with van der Waals surface area (Å²) in [6.07, 6.45) is 0. The summed E-state index contributed by atoms with van der Waals surface area (Å²) in [6, 6.07) is 12.0. The van der Waals surface area contributed by atoms with Gasteiger partial charge in [0.1, 0.15) is 16.3 Å². The van der Waals surface area contributed by atoms with Crippen molar-refractivity contribution < 1.29 is 18.1 Å². The van der Waals surface area contributed by atoms with Crippen LogP contribution in [0.25, 0.3) is 10.8 Å². The Hall–Kier alpha value is -3.01. The molecule has 0 aromatic heterocycles. The van der Waals surface area contributed by atoms with Gasteiger partial charge in [-0.25, -0.2) is 0 Å². The summed E-state index contributed by atoms with van der Waals surface area (Å²) in [4.78, 5) is 3.55. The standard InChI is InChI=1S/C22H26N4O4S/c1-14-10-16-12-17(26(4)5)7-8-18(16)22(27)21(14)24-23-19-11-15(13-25(2)3)6-9-20(19)31(28,29)30/h6-12,27H,13H2,1-5H3,(H,28,29,30). The first-order chi connectivity index (χ1) is 14.5. The second kappa shape index (κ2) is 8.62. The normalized spacial score (nSPS) is 12.2. The van der Waals surface area contributed by atoms with Gasteiger partial charge in [0.2, 0.25) is 0 Å². The van der Waals surface area contributed by atoms with E-state index in [4.69, 9.17) is 0 Å². The van der Waals surface area contributed by atoms with Crippen LogP contribution < -0.4 is 4.90 Å². The molecular formula is C22H26N4O4S. The van der Waals surface area contributed by atoms with E-state index in [1.165, 1.54) is 6.07 Å². The molecule has 0 saturated carbocycles. The van der Waals surface area contributed by atoms with Crippen molar-refractivity contribution in [2.45, 2.75) is 18.4 Å². The van der Waals surface area contributed by atoms with Crippen molar-refractivity contribution in [3.63, 3.8) is 0 Å². The molecule has 0 heterocycles. The highest BCUT2D eigenvalue weighted by Crippen LogP contribution is 2.40. The van der Waals surface area contributed by atoms with Gasteiger partial charge >= 0.3 is 0 Å². The fourth-order valence-corrected chi connectivity index (χ4v) is 3.94. The van der Waals surface area contributed by atoms with Crippen LogP contribution in [0, 0.1) is 6.92 Å². The lowest BCUT2D eigenvalue weighted by atomic mass is 10.0. The molecule has 0 unspecified atom stereocenters. The lowest BCUT2D eigenvalue weighted by molar-refractivity contribution is 0.402. The van der Waals surface area contributed by atoms with Crippen molar-refractivity contribution >= 4 is 38.0 Å². The maximum absolute atomic E-state index is 11.8. The number of aryl methyl sites for hydroxylation is 1. The van der Waals surface area contributed by atoms with Crippen LogP contribution in [-0.4, -0.2) is 51.2 Å². The summed E-state index contributed by atoms with van der Waals surface area (Å²) in [5.74, 6) is -0.0399.